The van der Waals surface area contributed by atoms with Crippen LogP contribution in [0.2, 0.25) is 0 Å². The minimum absolute atomic E-state index is 0.152. The van der Waals surface area contributed by atoms with E-state index in [1.807, 2.05) is 6.92 Å². The molecule has 0 radical (unpaired) electrons. The van der Waals surface area contributed by atoms with Gasteiger partial charge in [-0.3, -0.25) is 4.79 Å². The van der Waals surface area contributed by atoms with Gasteiger partial charge in [-0.2, -0.15) is 0 Å². The molecule has 6 heteroatoms. The second kappa shape index (κ2) is 5.97. The molecule has 21 heavy (non-hydrogen) atoms. The molecule has 0 saturated carbocycles. The number of methoxy groups -OCH3 is 1. The number of anilines is 1. The topological polar surface area (TPSA) is 75.6 Å². The zero-order valence-corrected chi connectivity index (χ0v) is 12.7. The quantitative estimate of drug-likeness (QED) is 0.908. The molecule has 1 amide bonds. The summed E-state index contributed by atoms with van der Waals surface area (Å²) in [5.41, 5.74) is 1.27. The van der Waals surface area contributed by atoms with E-state index in [1.54, 1.807) is 38.3 Å². The minimum atomic E-state index is -1.04. The first-order valence-electron chi connectivity index (χ1n) is 6.22. The second-order valence-electron chi connectivity index (χ2n) is 4.48. The van der Waals surface area contributed by atoms with Crippen LogP contribution in [0.3, 0.4) is 0 Å². The Morgan fingerprint density at radius 1 is 1.19 bits per heavy atom. The van der Waals surface area contributed by atoms with E-state index < -0.39 is 5.97 Å². The van der Waals surface area contributed by atoms with E-state index in [4.69, 9.17) is 4.74 Å². The van der Waals surface area contributed by atoms with Crippen molar-refractivity contribution < 1.29 is 19.4 Å². The molecular formula is C15H15NO4S. The maximum absolute atomic E-state index is 12.2. The molecule has 0 spiro atoms. The summed E-state index contributed by atoms with van der Waals surface area (Å²) in [5.74, 6) is -0.733. The van der Waals surface area contributed by atoms with Crippen molar-refractivity contribution in [3.05, 3.63) is 45.8 Å². The number of carbonyl (C=O) groups excluding carboxylic acids is 1. The standard InChI is InChI=1S/C15H15NO4S/c1-8-9(2)21-14(12(8)15(18)19)16-13(17)10-4-6-11(20-3)7-5-10/h4-7H,1-3H3,(H,16,17)(H,18,19). The van der Waals surface area contributed by atoms with Crippen molar-refractivity contribution in [2.24, 2.45) is 0 Å². The van der Waals surface area contributed by atoms with Crippen molar-refractivity contribution in [3.63, 3.8) is 0 Å². The number of aromatic carboxylic acids is 1. The fourth-order valence-electron chi connectivity index (χ4n) is 1.89. The van der Waals surface area contributed by atoms with Crippen LogP contribution in [-0.4, -0.2) is 24.1 Å². The number of aryl methyl sites for hydroxylation is 1. The average molecular weight is 305 g/mol. The molecule has 1 aromatic carbocycles. The van der Waals surface area contributed by atoms with Gasteiger partial charge >= 0.3 is 5.97 Å². The molecule has 0 aliphatic carbocycles. The van der Waals surface area contributed by atoms with Crippen molar-refractivity contribution in [1.29, 1.82) is 0 Å². The summed E-state index contributed by atoms with van der Waals surface area (Å²) in [5, 5.41) is 12.3. The lowest BCUT2D eigenvalue weighted by Crippen LogP contribution is -2.13. The third-order valence-corrected chi connectivity index (χ3v) is 4.30. The predicted octanol–water partition coefficient (Wildman–Crippen LogP) is 3.32. The van der Waals surface area contributed by atoms with Crippen molar-refractivity contribution in [1.82, 2.24) is 0 Å². The van der Waals surface area contributed by atoms with Gasteiger partial charge in [0.25, 0.3) is 5.91 Å². The molecule has 0 bridgehead atoms. The maximum atomic E-state index is 12.2. The lowest BCUT2D eigenvalue weighted by Gasteiger charge is -2.05. The number of benzene rings is 1. The summed E-state index contributed by atoms with van der Waals surface area (Å²) in [4.78, 5) is 24.3. The number of thiophene rings is 1. The molecule has 0 aliphatic rings. The average Bonchev–Trinajstić information content (AvgIpc) is 2.73. The first-order valence-corrected chi connectivity index (χ1v) is 7.04. The van der Waals surface area contributed by atoms with Gasteiger partial charge in [0.15, 0.2) is 0 Å². The van der Waals surface area contributed by atoms with Gasteiger partial charge in [0.2, 0.25) is 0 Å². The monoisotopic (exact) mass is 305 g/mol. The van der Waals surface area contributed by atoms with Crippen LogP contribution in [0.1, 0.15) is 31.2 Å². The van der Waals surface area contributed by atoms with Gasteiger partial charge in [-0.1, -0.05) is 0 Å². The van der Waals surface area contributed by atoms with Gasteiger partial charge in [0, 0.05) is 10.4 Å². The molecule has 1 heterocycles. The van der Waals surface area contributed by atoms with Gasteiger partial charge in [0.1, 0.15) is 10.8 Å². The smallest absolute Gasteiger partial charge is 0.338 e. The number of amides is 1. The van der Waals surface area contributed by atoms with E-state index in [2.05, 4.69) is 5.32 Å². The number of carboxylic acids is 1. The number of hydrogen-bond acceptors (Lipinski definition) is 4. The zero-order valence-electron chi connectivity index (χ0n) is 11.9. The van der Waals surface area contributed by atoms with E-state index in [0.717, 1.165) is 4.88 Å². The number of nitrogens with one attached hydrogen (secondary N) is 1. The molecule has 0 fully saturated rings. The second-order valence-corrected chi connectivity index (χ2v) is 5.70. The van der Waals surface area contributed by atoms with Crippen molar-refractivity contribution in [2.75, 3.05) is 12.4 Å². The summed E-state index contributed by atoms with van der Waals surface area (Å²) < 4.78 is 5.03. The highest BCUT2D eigenvalue weighted by molar-refractivity contribution is 7.16. The van der Waals surface area contributed by atoms with Crippen LogP contribution in [0.25, 0.3) is 0 Å². The molecule has 1 aromatic heterocycles. The van der Waals surface area contributed by atoms with E-state index in [-0.39, 0.29) is 11.5 Å². The Morgan fingerprint density at radius 3 is 2.33 bits per heavy atom. The molecule has 0 saturated heterocycles. The highest BCUT2D eigenvalue weighted by Crippen LogP contribution is 2.32. The Morgan fingerprint density at radius 2 is 1.81 bits per heavy atom. The molecule has 5 nitrogen and oxygen atoms in total. The summed E-state index contributed by atoms with van der Waals surface area (Å²) >= 11 is 1.26. The fraction of sp³-hybridized carbons (Fsp3) is 0.200. The maximum Gasteiger partial charge on any atom is 0.338 e. The van der Waals surface area contributed by atoms with E-state index in [9.17, 15) is 14.7 Å². The normalized spacial score (nSPS) is 10.2. The molecule has 0 atom stereocenters. The molecular weight excluding hydrogens is 290 g/mol. The SMILES string of the molecule is COc1ccc(C(=O)Nc2sc(C)c(C)c2C(=O)O)cc1. The Bertz CT molecular complexity index is 688. The van der Waals surface area contributed by atoms with Gasteiger partial charge in [-0.25, -0.2) is 4.79 Å². The largest absolute Gasteiger partial charge is 0.497 e. The Hall–Kier alpha value is -2.34. The van der Waals surface area contributed by atoms with Crippen LogP contribution in [0.5, 0.6) is 5.75 Å². The minimum Gasteiger partial charge on any atom is -0.497 e. The Labute approximate surface area is 126 Å². The van der Waals surface area contributed by atoms with Gasteiger partial charge in [-0.15, -0.1) is 11.3 Å². The Balaban J connectivity index is 2.27. The van der Waals surface area contributed by atoms with Gasteiger partial charge in [-0.05, 0) is 43.7 Å². The van der Waals surface area contributed by atoms with Crippen LogP contribution in [-0.2, 0) is 0 Å². The molecule has 2 rings (SSSR count). The summed E-state index contributed by atoms with van der Waals surface area (Å²) in [7, 11) is 1.55. The molecule has 2 N–H and O–H groups in total. The zero-order chi connectivity index (χ0) is 15.6. The van der Waals surface area contributed by atoms with Crippen LogP contribution >= 0.6 is 11.3 Å². The highest BCUT2D eigenvalue weighted by Gasteiger charge is 2.20. The van der Waals surface area contributed by atoms with Crippen LogP contribution in [0, 0.1) is 13.8 Å². The van der Waals surface area contributed by atoms with Crippen LogP contribution < -0.4 is 10.1 Å². The molecule has 0 aliphatic heterocycles. The van der Waals surface area contributed by atoms with Gasteiger partial charge < -0.3 is 15.2 Å². The Kier molecular flexibility index (Phi) is 4.28. The van der Waals surface area contributed by atoms with Crippen LogP contribution in [0.15, 0.2) is 24.3 Å². The first-order chi connectivity index (χ1) is 9.93. The summed E-state index contributed by atoms with van der Waals surface area (Å²) in [6, 6.07) is 6.61. The van der Waals surface area contributed by atoms with Crippen LogP contribution in [0.4, 0.5) is 5.00 Å². The lowest BCUT2D eigenvalue weighted by molar-refractivity contribution is 0.0697. The summed E-state index contributed by atoms with van der Waals surface area (Å²) in [6.45, 7) is 3.56. The molecule has 0 unspecified atom stereocenters. The van der Waals surface area contributed by atoms with E-state index in [1.165, 1.54) is 11.3 Å². The summed E-state index contributed by atoms with van der Waals surface area (Å²) in [6.07, 6.45) is 0. The number of carbonyl (C=O) groups is 2. The number of hydrogen-bond donors (Lipinski definition) is 2. The van der Waals surface area contributed by atoms with Crippen molar-refractivity contribution in [3.8, 4) is 5.75 Å². The van der Waals surface area contributed by atoms with E-state index in [0.29, 0.717) is 21.9 Å². The van der Waals surface area contributed by atoms with Crippen molar-refractivity contribution in [2.45, 2.75) is 13.8 Å². The fourth-order valence-corrected chi connectivity index (χ4v) is 2.94. The molecule has 2 aromatic rings. The third-order valence-electron chi connectivity index (χ3n) is 3.18. The van der Waals surface area contributed by atoms with Crippen molar-refractivity contribution >= 4 is 28.2 Å². The number of rotatable bonds is 4. The highest BCUT2D eigenvalue weighted by atomic mass is 32.1. The predicted molar refractivity (Wildman–Crippen MR) is 81.7 cm³/mol. The third kappa shape index (κ3) is 3.05. The number of carboxylic acid groups (broad SMARTS) is 1. The number of ether oxygens (including phenoxy) is 1. The first kappa shape index (κ1) is 15.1. The van der Waals surface area contributed by atoms with Gasteiger partial charge in [0.05, 0.1) is 12.7 Å². The van der Waals surface area contributed by atoms with E-state index >= 15 is 0 Å². The lowest BCUT2D eigenvalue weighted by atomic mass is 10.1. The molecule has 110 valence electrons.